The molecular formula is C17H15BrN4O3S. The molecule has 3 aromatic rings. The molecule has 0 aliphatic carbocycles. The van der Waals surface area contributed by atoms with Crippen molar-refractivity contribution in [3.63, 3.8) is 0 Å². The van der Waals surface area contributed by atoms with E-state index in [0.29, 0.717) is 17.1 Å². The molecule has 26 heavy (non-hydrogen) atoms. The summed E-state index contributed by atoms with van der Waals surface area (Å²) in [5, 5.41) is 10.8. The molecule has 0 unspecified atom stereocenters. The van der Waals surface area contributed by atoms with E-state index in [-0.39, 0.29) is 5.69 Å². The number of hydrazone groups is 1. The van der Waals surface area contributed by atoms with Gasteiger partial charge in [0.15, 0.2) is 5.69 Å². The third-order valence-corrected chi connectivity index (χ3v) is 5.11. The van der Waals surface area contributed by atoms with Gasteiger partial charge in [-0.25, -0.2) is 5.43 Å². The van der Waals surface area contributed by atoms with Gasteiger partial charge in [-0.15, -0.1) is 11.3 Å². The van der Waals surface area contributed by atoms with Crippen LogP contribution < -0.4 is 14.9 Å². The van der Waals surface area contributed by atoms with E-state index in [0.717, 1.165) is 14.4 Å². The van der Waals surface area contributed by atoms with Crippen molar-refractivity contribution in [2.24, 2.45) is 5.10 Å². The predicted molar refractivity (Wildman–Crippen MR) is 104 cm³/mol. The zero-order valence-electron chi connectivity index (χ0n) is 13.9. The predicted octanol–water partition coefficient (Wildman–Crippen LogP) is 3.68. The average molecular weight is 435 g/mol. The van der Waals surface area contributed by atoms with Gasteiger partial charge in [-0.05, 0) is 52.3 Å². The lowest BCUT2D eigenvalue weighted by molar-refractivity contribution is 0.0950. The van der Waals surface area contributed by atoms with E-state index in [9.17, 15) is 4.79 Å². The number of H-pyrrole nitrogens is 1. The maximum Gasteiger partial charge on any atom is 0.291 e. The van der Waals surface area contributed by atoms with Crippen molar-refractivity contribution in [1.29, 1.82) is 0 Å². The molecule has 134 valence electrons. The second-order valence-electron chi connectivity index (χ2n) is 5.08. The van der Waals surface area contributed by atoms with E-state index in [1.54, 1.807) is 49.8 Å². The van der Waals surface area contributed by atoms with Crippen molar-refractivity contribution in [2.45, 2.75) is 0 Å². The van der Waals surface area contributed by atoms with E-state index in [2.05, 4.69) is 36.7 Å². The first-order valence-electron chi connectivity index (χ1n) is 7.47. The molecule has 0 aliphatic heterocycles. The Morgan fingerprint density at radius 3 is 2.81 bits per heavy atom. The highest BCUT2D eigenvalue weighted by molar-refractivity contribution is 9.11. The fraction of sp³-hybridized carbons (Fsp3) is 0.118. The van der Waals surface area contributed by atoms with Crippen LogP contribution in [0, 0.1) is 0 Å². The number of carbonyl (C=O) groups is 1. The van der Waals surface area contributed by atoms with Gasteiger partial charge in [0.2, 0.25) is 0 Å². The van der Waals surface area contributed by atoms with E-state index < -0.39 is 5.91 Å². The second kappa shape index (κ2) is 8.15. The number of thiophene rings is 1. The lowest BCUT2D eigenvalue weighted by Gasteiger charge is -2.06. The first-order chi connectivity index (χ1) is 12.6. The molecule has 1 aromatic carbocycles. The van der Waals surface area contributed by atoms with Crippen molar-refractivity contribution in [2.75, 3.05) is 14.2 Å². The average Bonchev–Trinajstić information content (AvgIpc) is 3.30. The van der Waals surface area contributed by atoms with E-state index in [4.69, 9.17) is 9.47 Å². The van der Waals surface area contributed by atoms with Gasteiger partial charge in [-0.3, -0.25) is 9.89 Å². The van der Waals surface area contributed by atoms with Gasteiger partial charge < -0.3 is 9.47 Å². The molecule has 2 heterocycles. The zero-order chi connectivity index (χ0) is 18.5. The van der Waals surface area contributed by atoms with E-state index in [1.165, 1.54) is 6.21 Å². The molecule has 0 radical (unpaired) electrons. The van der Waals surface area contributed by atoms with Gasteiger partial charge >= 0.3 is 0 Å². The lowest BCUT2D eigenvalue weighted by atomic mass is 10.2. The lowest BCUT2D eigenvalue weighted by Crippen LogP contribution is -2.18. The summed E-state index contributed by atoms with van der Waals surface area (Å²) >= 11 is 4.96. The normalized spacial score (nSPS) is 10.9. The molecule has 0 saturated carbocycles. The summed E-state index contributed by atoms with van der Waals surface area (Å²) in [7, 11) is 3.14. The number of halogens is 1. The number of rotatable bonds is 6. The molecule has 7 nitrogen and oxygen atoms in total. The van der Waals surface area contributed by atoms with Crippen LogP contribution in [-0.4, -0.2) is 36.5 Å². The number of hydrogen-bond acceptors (Lipinski definition) is 6. The summed E-state index contributed by atoms with van der Waals surface area (Å²) in [6, 6.07) is 10.9. The summed E-state index contributed by atoms with van der Waals surface area (Å²) in [5.41, 5.74) is 4.15. The topological polar surface area (TPSA) is 88.6 Å². The van der Waals surface area contributed by atoms with Crippen LogP contribution in [0.25, 0.3) is 10.6 Å². The minimum Gasteiger partial charge on any atom is -0.497 e. The van der Waals surface area contributed by atoms with Crippen molar-refractivity contribution in [3.8, 4) is 22.1 Å². The highest BCUT2D eigenvalue weighted by Gasteiger charge is 2.12. The Labute approximate surface area is 162 Å². The number of aromatic nitrogens is 2. The fourth-order valence-corrected chi connectivity index (χ4v) is 3.53. The van der Waals surface area contributed by atoms with Gasteiger partial charge in [0.25, 0.3) is 5.91 Å². The summed E-state index contributed by atoms with van der Waals surface area (Å²) in [4.78, 5) is 13.2. The van der Waals surface area contributed by atoms with Crippen LogP contribution in [0.3, 0.4) is 0 Å². The third-order valence-electron chi connectivity index (χ3n) is 3.46. The first-order valence-corrected chi connectivity index (χ1v) is 9.08. The molecule has 0 bridgehead atoms. The summed E-state index contributed by atoms with van der Waals surface area (Å²) in [6.45, 7) is 0. The van der Waals surface area contributed by atoms with Crippen LogP contribution in [-0.2, 0) is 0 Å². The third kappa shape index (κ3) is 4.12. The molecule has 0 spiro atoms. The summed E-state index contributed by atoms with van der Waals surface area (Å²) in [6.07, 6.45) is 1.49. The number of aromatic amines is 1. The number of nitrogens with one attached hydrogen (secondary N) is 2. The van der Waals surface area contributed by atoms with Crippen LogP contribution in [0.15, 0.2) is 45.3 Å². The minimum atomic E-state index is -0.416. The Morgan fingerprint density at radius 1 is 1.27 bits per heavy atom. The van der Waals surface area contributed by atoms with E-state index >= 15 is 0 Å². The Morgan fingerprint density at radius 2 is 2.12 bits per heavy atom. The van der Waals surface area contributed by atoms with Crippen molar-refractivity contribution < 1.29 is 14.3 Å². The standard InChI is InChI=1S/C17H15BrN4O3S/c1-24-11-3-4-14(25-2)10(7-11)9-19-22-17(23)13-8-12(20-21-13)15-5-6-16(18)26-15/h3-9H,1-2H3,(H,20,21)(H,22,23)/b19-9-. The number of methoxy groups -OCH3 is 2. The number of hydrogen-bond donors (Lipinski definition) is 2. The second-order valence-corrected chi connectivity index (χ2v) is 7.54. The molecule has 3 rings (SSSR count). The number of ether oxygens (including phenoxy) is 2. The van der Waals surface area contributed by atoms with Crippen LogP contribution in [0.1, 0.15) is 16.1 Å². The van der Waals surface area contributed by atoms with E-state index in [1.807, 2.05) is 12.1 Å². The highest BCUT2D eigenvalue weighted by atomic mass is 79.9. The minimum absolute atomic E-state index is 0.249. The SMILES string of the molecule is COc1ccc(OC)c(/C=N\NC(=O)c2cc(-c3ccc(Br)s3)[nH]n2)c1. The Balaban J connectivity index is 1.69. The molecule has 2 N–H and O–H groups in total. The molecule has 1 amide bonds. The van der Waals surface area contributed by atoms with Crippen LogP contribution in [0.5, 0.6) is 11.5 Å². The van der Waals surface area contributed by atoms with Crippen LogP contribution in [0.2, 0.25) is 0 Å². The van der Waals surface area contributed by atoms with Gasteiger partial charge in [0.1, 0.15) is 11.5 Å². The van der Waals surface area contributed by atoms with Crippen molar-refractivity contribution >= 4 is 39.4 Å². The van der Waals surface area contributed by atoms with Gasteiger partial charge in [0.05, 0.1) is 34.8 Å². The largest absolute Gasteiger partial charge is 0.497 e. The molecule has 0 fully saturated rings. The Bertz CT molecular complexity index is 951. The first kappa shape index (κ1) is 18.2. The van der Waals surface area contributed by atoms with Crippen molar-refractivity contribution in [1.82, 2.24) is 15.6 Å². The molecular weight excluding hydrogens is 420 g/mol. The number of nitrogens with zero attached hydrogens (tertiary/aromatic N) is 2. The highest BCUT2D eigenvalue weighted by Crippen LogP contribution is 2.30. The molecule has 2 aromatic heterocycles. The van der Waals surface area contributed by atoms with Gasteiger partial charge in [-0.1, -0.05) is 0 Å². The smallest absolute Gasteiger partial charge is 0.291 e. The zero-order valence-corrected chi connectivity index (χ0v) is 16.3. The van der Waals surface area contributed by atoms with Crippen LogP contribution in [0.4, 0.5) is 0 Å². The quantitative estimate of drug-likeness (QED) is 0.457. The number of amides is 1. The Kier molecular flexibility index (Phi) is 5.69. The van der Waals surface area contributed by atoms with Gasteiger partial charge in [-0.2, -0.15) is 10.2 Å². The van der Waals surface area contributed by atoms with Gasteiger partial charge in [0, 0.05) is 5.56 Å². The van der Waals surface area contributed by atoms with Crippen molar-refractivity contribution in [3.05, 3.63) is 51.4 Å². The summed E-state index contributed by atoms with van der Waals surface area (Å²) < 4.78 is 11.4. The molecule has 0 saturated heterocycles. The molecule has 9 heteroatoms. The molecule has 0 atom stereocenters. The monoisotopic (exact) mass is 434 g/mol. The maximum atomic E-state index is 12.2. The molecule has 0 aliphatic rings. The summed E-state index contributed by atoms with van der Waals surface area (Å²) in [5.74, 6) is 0.869. The van der Waals surface area contributed by atoms with Crippen LogP contribution >= 0.6 is 27.3 Å². The number of benzene rings is 1. The maximum absolute atomic E-state index is 12.2. The number of carbonyl (C=O) groups excluding carboxylic acids is 1. The Hall–Kier alpha value is -2.65. The fourth-order valence-electron chi connectivity index (χ4n) is 2.18.